The van der Waals surface area contributed by atoms with Crippen LogP contribution in [0.1, 0.15) is 46.0 Å². The van der Waals surface area contributed by atoms with E-state index >= 15 is 0 Å². The Kier molecular flexibility index (Phi) is 7.47. The number of fused-ring (bicyclic) bond motifs is 1. The fourth-order valence-corrected chi connectivity index (χ4v) is 4.15. The molecule has 2 atom stereocenters. The van der Waals surface area contributed by atoms with E-state index in [9.17, 15) is 9.59 Å². The molecule has 172 valence electrons. The number of carboxylic acid groups (broad SMARTS) is 1. The maximum Gasteiger partial charge on any atom is 0.290 e. The molecule has 0 saturated carbocycles. The summed E-state index contributed by atoms with van der Waals surface area (Å²) >= 11 is 0. The van der Waals surface area contributed by atoms with E-state index in [-0.39, 0.29) is 30.5 Å². The Morgan fingerprint density at radius 3 is 2.50 bits per heavy atom. The number of rotatable bonds is 3. The third-order valence-electron chi connectivity index (χ3n) is 5.47. The van der Waals surface area contributed by atoms with Gasteiger partial charge in [0.05, 0.1) is 37.1 Å². The van der Waals surface area contributed by atoms with Crippen molar-refractivity contribution in [1.82, 2.24) is 20.0 Å². The van der Waals surface area contributed by atoms with E-state index in [4.69, 9.17) is 19.4 Å². The average Bonchev–Trinajstić information content (AvgIpc) is 3.21. The number of nitrogens with one attached hydrogen (secondary N) is 1. The van der Waals surface area contributed by atoms with Crippen molar-refractivity contribution in [2.45, 2.75) is 39.0 Å². The zero-order chi connectivity index (χ0) is 23.3. The van der Waals surface area contributed by atoms with E-state index < -0.39 is 0 Å². The molecule has 1 aromatic heterocycles. The van der Waals surface area contributed by atoms with Gasteiger partial charge in [-0.2, -0.15) is 5.10 Å². The van der Waals surface area contributed by atoms with Gasteiger partial charge in [-0.3, -0.25) is 19.5 Å². The number of hydrogen-bond acceptors (Lipinski definition) is 6. The maximum atomic E-state index is 13.0. The van der Waals surface area contributed by atoms with Crippen molar-refractivity contribution in [3.8, 4) is 5.75 Å². The van der Waals surface area contributed by atoms with Gasteiger partial charge in [0.2, 0.25) is 0 Å². The van der Waals surface area contributed by atoms with E-state index in [1.165, 1.54) is 0 Å². The predicted octanol–water partition coefficient (Wildman–Crippen LogP) is 1.57. The number of carbonyl (C=O) groups is 3. The Morgan fingerprint density at radius 2 is 1.84 bits per heavy atom. The average molecular weight is 444 g/mol. The lowest BCUT2D eigenvalue weighted by molar-refractivity contribution is -0.122. The summed E-state index contributed by atoms with van der Waals surface area (Å²) in [7, 11) is 1.56. The molecule has 2 N–H and O–H groups in total. The van der Waals surface area contributed by atoms with Crippen LogP contribution in [0.5, 0.6) is 5.75 Å². The van der Waals surface area contributed by atoms with Crippen LogP contribution in [0.3, 0.4) is 0 Å². The van der Waals surface area contributed by atoms with Gasteiger partial charge in [0, 0.05) is 25.2 Å². The molecule has 2 amide bonds. The molecule has 2 aliphatic rings. The summed E-state index contributed by atoms with van der Waals surface area (Å²) in [6, 6.07) is 7.20. The Hall–Kier alpha value is -3.40. The summed E-state index contributed by atoms with van der Waals surface area (Å²) in [6.45, 7) is 5.73. The van der Waals surface area contributed by atoms with Crippen molar-refractivity contribution in [3.05, 3.63) is 46.8 Å². The van der Waals surface area contributed by atoms with Crippen molar-refractivity contribution in [1.29, 1.82) is 0 Å². The fourth-order valence-electron chi connectivity index (χ4n) is 4.15. The minimum absolute atomic E-state index is 0.00596. The number of para-hydroxylation sites is 1. The zero-order valence-corrected chi connectivity index (χ0v) is 18.4. The second-order valence-corrected chi connectivity index (χ2v) is 7.78. The van der Waals surface area contributed by atoms with Crippen LogP contribution >= 0.6 is 0 Å². The van der Waals surface area contributed by atoms with Crippen LogP contribution < -0.4 is 4.74 Å². The third kappa shape index (κ3) is 4.91. The lowest BCUT2D eigenvalue weighted by Crippen LogP contribution is -2.48. The second-order valence-electron chi connectivity index (χ2n) is 7.78. The Balaban J connectivity index is 0.000000913. The van der Waals surface area contributed by atoms with Gasteiger partial charge < -0.3 is 24.4 Å². The van der Waals surface area contributed by atoms with Crippen molar-refractivity contribution in [2.75, 3.05) is 26.7 Å². The first-order chi connectivity index (χ1) is 15.4. The molecule has 1 saturated heterocycles. The highest BCUT2D eigenvalue weighted by Crippen LogP contribution is 2.26. The molecular weight excluding hydrogens is 416 g/mol. The van der Waals surface area contributed by atoms with Crippen LogP contribution in [0.15, 0.2) is 24.3 Å². The summed E-state index contributed by atoms with van der Waals surface area (Å²) in [5, 5.41) is 14.2. The number of aromatic nitrogens is 2. The third-order valence-corrected chi connectivity index (χ3v) is 5.47. The summed E-state index contributed by atoms with van der Waals surface area (Å²) in [5.41, 5.74) is 2.72. The van der Waals surface area contributed by atoms with E-state index in [0.29, 0.717) is 49.6 Å². The molecule has 0 bridgehead atoms. The Morgan fingerprint density at radius 1 is 1.19 bits per heavy atom. The molecule has 4 rings (SSSR count). The van der Waals surface area contributed by atoms with E-state index in [2.05, 4.69) is 10.2 Å². The number of methoxy groups -OCH3 is 1. The van der Waals surface area contributed by atoms with Crippen LogP contribution in [0.4, 0.5) is 0 Å². The van der Waals surface area contributed by atoms with Crippen molar-refractivity contribution >= 4 is 18.3 Å². The largest absolute Gasteiger partial charge is 0.496 e. The molecule has 0 spiro atoms. The molecule has 0 aliphatic carbocycles. The first kappa shape index (κ1) is 23.3. The Bertz CT molecular complexity index is 965. The summed E-state index contributed by atoms with van der Waals surface area (Å²) in [4.78, 5) is 37.9. The first-order valence-corrected chi connectivity index (χ1v) is 10.4. The minimum Gasteiger partial charge on any atom is -0.496 e. The van der Waals surface area contributed by atoms with Gasteiger partial charge >= 0.3 is 0 Å². The van der Waals surface area contributed by atoms with Gasteiger partial charge in [0.25, 0.3) is 18.3 Å². The highest BCUT2D eigenvalue weighted by Gasteiger charge is 2.33. The SMILES string of the molecule is COc1ccccc1C(=O)N1CCc2c(C(=O)N3C[C@@H](C)O[C@@H](C)C3)n[nH]c2C1.O=CO. The van der Waals surface area contributed by atoms with Crippen molar-refractivity contribution in [3.63, 3.8) is 0 Å². The number of H-pyrrole nitrogens is 1. The molecule has 32 heavy (non-hydrogen) atoms. The Labute approximate surface area is 186 Å². The van der Waals surface area contributed by atoms with Crippen LogP contribution in [0.2, 0.25) is 0 Å². The lowest BCUT2D eigenvalue weighted by Gasteiger charge is -2.35. The predicted molar refractivity (Wildman–Crippen MR) is 115 cm³/mol. The molecule has 2 aliphatic heterocycles. The molecule has 3 heterocycles. The zero-order valence-electron chi connectivity index (χ0n) is 18.4. The first-order valence-electron chi connectivity index (χ1n) is 10.4. The molecule has 10 nitrogen and oxygen atoms in total. The number of benzene rings is 1. The molecule has 0 radical (unpaired) electrons. The van der Waals surface area contributed by atoms with E-state index in [0.717, 1.165) is 11.3 Å². The second kappa shape index (κ2) is 10.3. The van der Waals surface area contributed by atoms with Gasteiger partial charge in [-0.05, 0) is 32.4 Å². The van der Waals surface area contributed by atoms with Crippen molar-refractivity contribution < 1.29 is 29.0 Å². The molecular formula is C22H28N4O6. The van der Waals surface area contributed by atoms with Crippen LogP contribution in [0.25, 0.3) is 0 Å². The van der Waals surface area contributed by atoms with Gasteiger partial charge in [0.15, 0.2) is 5.69 Å². The quantitative estimate of drug-likeness (QED) is 0.689. The normalized spacial score (nSPS) is 20.0. The topological polar surface area (TPSA) is 125 Å². The van der Waals surface area contributed by atoms with Gasteiger partial charge in [0.1, 0.15) is 5.75 Å². The molecule has 0 unspecified atom stereocenters. The monoisotopic (exact) mass is 444 g/mol. The molecule has 1 aromatic carbocycles. The maximum absolute atomic E-state index is 13.0. The minimum atomic E-state index is -0.250. The summed E-state index contributed by atoms with van der Waals surface area (Å²) < 4.78 is 11.0. The molecule has 1 fully saturated rings. The van der Waals surface area contributed by atoms with E-state index in [1.54, 1.807) is 24.1 Å². The van der Waals surface area contributed by atoms with Crippen LogP contribution in [0, 0.1) is 0 Å². The summed E-state index contributed by atoms with van der Waals surface area (Å²) in [6.07, 6.45) is 0.598. The van der Waals surface area contributed by atoms with E-state index in [1.807, 2.05) is 30.9 Å². The summed E-state index contributed by atoms with van der Waals surface area (Å²) in [5.74, 6) is 0.389. The molecule has 2 aromatic rings. The number of aromatic amines is 1. The molecule has 10 heteroatoms. The van der Waals surface area contributed by atoms with Gasteiger partial charge in [-0.1, -0.05) is 12.1 Å². The fraction of sp³-hybridized carbons (Fsp3) is 0.455. The number of amides is 2. The standard InChI is InChI=1S/C21H26N4O4.CH2O2/c1-13-10-25(11-14(2)29-13)21(27)19-15-8-9-24(12-17(15)22-23-19)20(26)16-6-4-5-7-18(16)28-3;2-1-3/h4-7,13-14H,8-12H2,1-3H3,(H,22,23);1H,(H,2,3)/t13-,14+;. The van der Waals surface area contributed by atoms with Crippen molar-refractivity contribution in [2.24, 2.45) is 0 Å². The lowest BCUT2D eigenvalue weighted by atomic mass is 10.0. The smallest absolute Gasteiger partial charge is 0.290 e. The number of ether oxygens (including phenoxy) is 2. The van der Waals surface area contributed by atoms with Gasteiger partial charge in [-0.25, -0.2) is 0 Å². The van der Waals surface area contributed by atoms with Crippen LogP contribution in [-0.2, 0) is 22.5 Å². The number of hydrogen-bond donors (Lipinski definition) is 2. The highest BCUT2D eigenvalue weighted by molar-refractivity contribution is 5.97. The van der Waals surface area contributed by atoms with Gasteiger partial charge in [-0.15, -0.1) is 0 Å². The number of nitrogens with zero attached hydrogens (tertiary/aromatic N) is 3. The number of morpholine rings is 1. The highest BCUT2D eigenvalue weighted by atomic mass is 16.5. The van der Waals surface area contributed by atoms with Crippen LogP contribution in [-0.4, -0.2) is 82.3 Å². The number of carbonyl (C=O) groups excluding carboxylic acids is 2.